The van der Waals surface area contributed by atoms with Crippen LogP contribution < -0.4 is 10.6 Å². The summed E-state index contributed by atoms with van der Waals surface area (Å²) in [6.45, 7) is 0.957. The maximum absolute atomic E-state index is 14.1. The fraction of sp³-hybridized carbons (Fsp3) is 0.846. The molecule has 2 unspecified atom stereocenters. The molecule has 10 nitrogen and oxygen atoms in total. The van der Waals surface area contributed by atoms with Gasteiger partial charge in [-0.2, -0.15) is 13.5 Å². The molecule has 3 amide bonds. The summed E-state index contributed by atoms with van der Waals surface area (Å²) in [5.41, 5.74) is 0. The number of rotatable bonds is 4. The first-order valence-electron chi connectivity index (χ1n) is 8.18. The topological polar surface area (TPSA) is 128 Å². The smallest absolute Gasteiger partial charge is 0.349 e. The molecule has 0 aliphatic carbocycles. The summed E-state index contributed by atoms with van der Waals surface area (Å²) in [5, 5.41) is 6.20. The van der Waals surface area contributed by atoms with Crippen molar-refractivity contribution < 1.29 is 31.2 Å². The highest BCUT2D eigenvalue weighted by atomic mass is 32.3. The lowest BCUT2D eigenvalue weighted by molar-refractivity contribution is -0.127. The van der Waals surface area contributed by atoms with Gasteiger partial charge in [-0.3, -0.25) is 9.35 Å². The molecule has 0 spiro atoms. The molecular formula is C13H21FN4O6S. The minimum absolute atomic E-state index is 0.109. The summed E-state index contributed by atoms with van der Waals surface area (Å²) < 4.78 is 48.9. The standard InChI is InChI=1S/C13H21FN4O6S/c14-9-6-15-5-1-2-10(9)16-12(19)11-4-3-8-7-17(11)13(20)18(8)24-25(21,22)23/h8-11,15H,1-7H2,(H,16,19)(H,21,22,23)/t8?,9-,10+,11?/m1/s1. The molecule has 3 N–H and O–H groups in total. The Hall–Kier alpha value is -1.50. The summed E-state index contributed by atoms with van der Waals surface area (Å²) in [7, 11) is -4.83. The molecule has 3 aliphatic rings. The van der Waals surface area contributed by atoms with Gasteiger partial charge in [-0.1, -0.05) is 0 Å². The van der Waals surface area contributed by atoms with E-state index < -0.39 is 46.6 Å². The fourth-order valence-electron chi connectivity index (χ4n) is 3.56. The predicted octanol–water partition coefficient (Wildman–Crippen LogP) is -0.804. The van der Waals surface area contributed by atoms with Crippen molar-refractivity contribution in [2.24, 2.45) is 0 Å². The second-order valence-electron chi connectivity index (χ2n) is 6.49. The SMILES string of the molecule is O=C(N[C@H]1CCCNC[C@H]1F)C1CCC2CN1C(=O)N2OS(=O)(=O)O. The average molecular weight is 380 g/mol. The van der Waals surface area contributed by atoms with E-state index in [4.69, 9.17) is 4.55 Å². The molecule has 0 aromatic rings. The number of halogens is 1. The van der Waals surface area contributed by atoms with Crippen LogP contribution in [0.5, 0.6) is 0 Å². The van der Waals surface area contributed by atoms with Gasteiger partial charge in [-0.05, 0) is 32.2 Å². The zero-order chi connectivity index (χ0) is 18.2. The first-order chi connectivity index (χ1) is 11.8. The van der Waals surface area contributed by atoms with Gasteiger partial charge >= 0.3 is 16.4 Å². The van der Waals surface area contributed by atoms with Crippen molar-refractivity contribution in [3.63, 3.8) is 0 Å². The second kappa shape index (κ2) is 7.02. The highest BCUT2D eigenvalue weighted by Gasteiger charge is 2.49. The average Bonchev–Trinajstić information content (AvgIpc) is 2.68. The molecule has 0 aromatic heterocycles. The first kappa shape index (κ1) is 18.3. The van der Waals surface area contributed by atoms with Gasteiger partial charge in [0.05, 0.1) is 12.1 Å². The Bertz CT molecular complexity index is 646. The molecular weight excluding hydrogens is 359 g/mol. The van der Waals surface area contributed by atoms with E-state index >= 15 is 0 Å². The Kier molecular flexibility index (Phi) is 5.14. The van der Waals surface area contributed by atoms with E-state index in [0.29, 0.717) is 30.9 Å². The van der Waals surface area contributed by atoms with Crippen molar-refractivity contribution in [2.75, 3.05) is 19.6 Å². The third-order valence-electron chi connectivity index (χ3n) is 4.77. The number of carbonyl (C=O) groups excluding carboxylic acids is 2. The van der Waals surface area contributed by atoms with Crippen LogP contribution in [0.2, 0.25) is 0 Å². The van der Waals surface area contributed by atoms with Gasteiger partial charge in [-0.15, -0.1) is 4.28 Å². The van der Waals surface area contributed by atoms with Crippen LogP contribution >= 0.6 is 0 Å². The number of urea groups is 1. The number of hydroxylamine groups is 2. The number of carbonyl (C=O) groups is 2. The minimum atomic E-state index is -4.83. The number of hydrogen-bond acceptors (Lipinski definition) is 6. The predicted molar refractivity (Wildman–Crippen MR) is 82.3 cm³/mol. The summed E-state index contributed by atoms with van der Waals surface area (Å²) >= 11 is 0. The molecule has 4 atom stereocenters. The molecule has 0 saturated carbocycles. The maximum atomic E-state index is 14.1. The zero-order valence-electron chi connectivity index (χ0n) is 13.4. The number of fused-ring (bicyclic) bond motifs is 2. The molecule has 3 saturated heterocycles. The van der Waals surface area contributed by atoms with E-state index in [1.807, 2.05) is 0 Å². The van der Waals surface area contributed by atoms with Crippen LogP contribution in [0.25, 0.3) is 0 Å². The first-order valence-corrected chi connectivity index (χ1v) is 9.55. The number of nitrogens with zero attached hydrogens (tertiary/aromatic N) is 2. The Morgan fingerprint density at radius 1 is 1.36 bits per heavy atom. The summed E-state index contributed by atoms with van der Waals surface area (Å²) in [4.78, 5) is 26.0. The number of hydrogen-bond donors (Lipinski definition) is 3. The summed E-state index contributed by atoms with van der Waals surface area (Å²) in [6.07, 6.45) is 0.658. The molecule has 142 valence electrons. The Balaban J connectivity index is 1.66. The number of amides is 3. The van der Waals surface area contributed by atoms with Gasteiger partial charge in [0.1, 0.15) is 12.2 Å². The third kappa shape index (κ3) is 4.02. The van der Waals surface area contributed by atoms with Crippen LogP contribution in [0, 0.1) is 0 Å². The lowest BCUT2D eigenvalue weighted by atomic mass is 9.99. The van der Waals surface area contributed by atoms with Crippen molar-refractivity contribution in [1.82, 2.24) is 20.6 Å². The Morgan fingerprint density at radius 2 is 2.12 bits per heavy atom. The number of nitrogens with one attached hydrogen (secondary N) is 2. The van der Waals surface area contributed by atoms with Crippen molar-refractivity contribution in [3.8, 4) is 0 Å². The van der Waals surface area contributed by atoms with Crippen molar-refractivity contribution in [3.05, 3.63) is 0 Å². The van der Waals surface area contributed by atoms with Gasteiger partial charge < -0.3 is 15.5 Å². The lowest BCUT2D eigenvalue weighted by Gasteiger charge is -2.31. The van der Waals surface area contributed by atoms with E-state index in [9.17, 15) is 22.4 Å². The van der Waals surface area contributed by atoms with Crippen LogP contribution in [0.1, 0.15) is 25.7 Å². The monoisotopic (exact) mass is 380 g/mol. The lowest BCUT2D eigenvalue weighted by Crippen LogP contribution is -2.54. The Morgan fingerprint density at radius 3 is 2.84 bits per heavy atom. The highest BCUT2D eigenvalue weighted by Crippen LogP contribution is 2.31. The second-order valence-corrected chi connectivity index (χ2v) is 7.49. The van der Waals surface area contributed by atoms with Crippen molar-refractivity contribution in [1.29, 1.82) is 0 Å². The molecule has 3 rings (SSSR count). The Labute approximate surface area is 144 Å². The van der Waals surface area contributed by atoms with E-state index in [1.54, 1.807) is 0 Å². The van der Waals surface area contributed by atoms with E-state index in [0.717, 1.165) is 6.42 Å². The maximum Gasteiger partial charge on any atom is 0.418 e. The molecule has 3 fully saturated rings. The van der Waals surface area contributed by atoms with Gasteiger partial charge in [0, 0.05) is 13.1 Å². The quantitative estimate of drug-likeness (QED) is 0.545. The summed E-state index contributed by atoms with van der Waals surface area (Å²) in [6, 6.07) is -2.81. The van der Waals surface area contributed by atoms with Crippen LogP contribution in [0.3, 0.4) is 0 Å². The van der Waals surface area contributed by atoms with Gasteiger partial charge in [-0.25, -0.2) is 9.18 Å². The molecule has 3 aliphatic heterocycles. The number of alkyl halides is 1. The van der Waals surface area contributed by atoms with E-state index in [1.165, 1.54) is 4.90 Å². The minimum Gasteiger partial charge on any atom is -0.349 e. The van der Waals surface area contributed by atoms with Crippen molar-refractivity contribution in [2.45, 2.75) is 50.0 Å². The molecule has 0 radical (unpaired) electrons. The van der Waals surface area contributed by atoms with Crippen molar-refractivity contribution >= 4 is 22.3 Å². The largest absolute Gasteiger partial charge is 0.418 e. The van der Waals surface area contributed by atoms with Crippen LogP contribution in [-0.2, 0) is 19.5 Å². The summed E-state index contributed by atoms with van der Waals surface area (Å²) in [5.74, 6) is -0.463. The van der Waals surface area contributed by atoms with Crippen LogP contribution in [0.4, 0.5) is 9.18 Å². The zero-order valence-corrected chi connectivity index (χ0v) is 14.2. The molecule has 12 heteroatoms. The van der Waals surface area contributed by atoms with Gasteiger partial charge in [0.25, 0.3) is 0 Å². The fourth-order valence-corrected chi connectivity index (χ4v) is 3.94. The van der Waals surface area contributed by atoms with Gasteiger partial charge in [0.2, 0.25) is 5.91 Å². The normalized spacial score (nSPS) is 33.3. The molecule has 25 heavy (non-hydrogen) atoms. The van der Waals surface area contributed by atoms with Gasteiger partial charge in [0.15, 0.2) is 0 Å². The highest BCUT2D eigenvalue weighted by molar-refractivity contribution is 7.80. The molecule has 0 aromatic carbocycles. The van der Waals surface area contributed by atoms with Crippen LogP contribution in [0.15, 0.2) is 0 Å². The molecule has 2 bridgehead atoms. The molecule has 3 heterocycles. The third-order valence-corrected chi connectivity index (χ3v) is 5.12. The van der Waals surface area contributed by atoms with E-state index in [-0.39, 0.29) is 13.1 Å². The number of piperidine rings is 1. The van der Waals surface area contributed by atoms with Crippen LogP contribution in [-0.4, -0.2) is 78.8 Å². The van der Waals surface area contributed by atoms with E-state index in [2.05, 4.69) is 14.9 Å².